The van der Waals surface area contributed by atoms with Gasteiger partial charge < -0.3 is 0 Å². The molecule has 6 aromatic rings. The molecule has 6 aromatic heterocycles. The largest absolute Gasteiger partial charge is 0.261 e. The minimum Gasteiger partial charge on any atom is -0.261 e. The average Bonchev–Trinajstić information content (AvgIpc) is 3.08. The summed E-state index contributed by atoms with van der Waals surface area (Å²) in [6.45, 7) is 22.7. The lowest BCUT2D eigenvalue weighted by atomic mass is 10.3. The van der Waals surface area contributed by atoms with Gasteiger partial charge in [-0.05, 0) is 141 Å². The summed E-state index contributed by atoms with van der Waals surface area (Å²) in [5, 5.41) is 0. The highest BCUT2D eigenvalue weighted by Crippen LogP contribution is 2.04. The molecule has 10 heteroatoms. The van der Waals surface area contributed by atoms with Crippen molar-refractivity contribution in [2.24, 2.45) is 0 Å². The van der Waals surface area contributed by atoms with Gasteiger partial charge in [-0.2, -0.15) is 0 Å². The molecule has 0 aliphatic rings. The van der Waals surface area contributed by atoms with E-state index in [9.17, 15) is 8.78 Å². The predicted octanol–water partition coefficient (Wildman–Crippen LogP) is 9.26. The fourth-order valence-electron chi connectivity index (χ4n) is 3.20. The van der Waals surface area contributed by atoms with E-state index in [0.717, 1.165) is 45.3 Å². The maximum Gasteiger partial charge on any atom is 0.144 e. The lowest BCUT2D eigenvalue weighted by Crippen LogP contribution is -1.87. The maximum absolute atomic E-state index is 12.5. The number of rotatable bonds is 0. The number of aromatic nitrogens is 8. The van der Waals surface area contributed by atoms with Gasteiger partial charge in [0.1, 0.15) is 23.3 Å². The van der Waals surface area contributed by atoms with Crippen LogP contribution < -0.4 is 0 Å². The van der Waals surface area contributed by atoms with Gasteiger partial charge in [0.05, 0.1) is 11.4 Å². The van der Waals surface area contributed by atoms with Crippen LogP contribution in [0.1, 0.15) is 67.8 Å². The van der Waals surface area contributed by atoms with Gasteiger partial charge in [0.15, 0.2) is 0 Å². The van der Waals surface area contributed by atoms with E-state index >= 15 is 0 Å². The first kappa shape index (κ1) is 42.6. The van der Waals surface area contributed by atoms with Gasteiger partial charge in [-0.15, -0.1) is 0 Å². The highest BCUT2D eigenvalue weighted by molar-refractivity contribution is 5.14. The second-order valence-corrected chi connectivity index (χ2v) is 11.7. The van der Waals surface area contributed by atoms with Crippen molar-refractivity contribution in [3.05, 3.63) is 165 Å². The van der Waals surface area contributed by atoms with Crippen LogP contribution in [0.4, 0.5) is 8.78 Å². The van der Waals surface area contributed by atoms with E-state index in [-0.39, 0.29) is 11.6 Å². The smallest absolute Gasteiger partial charge is 0.144 e. The summed E-state index contributed by atoms with van der Waals surface area (Å²) < 4.78 is 25.0. The Bertz CT molecular complexity index is 1500. The lowest BCUT2D eigenvalue weighted by Gasteiger charge is -1.93. The first-order valence-corrected chi connectivity index (χ1v) is 16.0. The number of aryl methyl sites for hydroxylation is 12. The number of hydrogen-bond acceptors (Lipinski definition) is 8. The summed E-state index contributed by atoms with van der Waals surface area (Å²) in [5.74, 6) is 1.20. The van der Waals surface area contributed by atoms with E-state index in [4.69, 9.17) is 0 Å². The van der Waals surface area contributed by atoms with Crippen LogP contribution in [-0.2, 0) is 0 Å². The molecule has 0 saturated carbocycles. The Morgan fingerprint density at radius 3 is 0.800 bits per heavy atom. The minimum atomic E-state index is -0.227. The summed E-state index contributed by atoms with van der Waals surface area (Å²) in [5.41, 5.74) is 9.45. The highest BCUT2D eigenvalue weighted by atomic mass is 19.1. The van der Waals surface area contributed by atoms with Crippen molar-refractivity contribution < 1.29 is 8.78 Å². The van der Waals surface area contributed by atoms with Crippen LogP contribution in [0, 0.1) is 94.7 Å². The van der Waals surface area contributed by atoms with E-state index in [2.05, 4.69) is 52.0 Å². The fourth-order valence-corrected chi connectivity index (χ4v) is 3.20. The zero-order chi connectivity index (χ0) is 37.6. The summed E-state index contributed by atoms with van der Waals surface area (Å²) in [4.78, 5) is 31.6. The van der Waals surface area contributed by atoms with Gasteiger partial charge >= 0.3 is 0 Å². The van der Waals surface area contributed by atoms with Crippen LogP contribution in [0.3, 0.4) is 0 Å². The Balaban J connectivity index is 0.000000300. The molecule has 6 heterocycles. The molecule has 0 aliphatic carbocycles. The third-order valence-corrected chi connectivity index (χ3v) is 6.26. The molecular weight excluding hydrogens is 630 g/mol. The summed E-state index contributed by atoms with van der Waals surface area (Å²) >= 11 is 0. The van der Waals surface area contributed by atoms with Crippen molar-refractivity contribution in [2.45, 2.75) is 83.1 Å². The SMILES string of the molecule is Cc1ccc(C)nc1.Cc1ccc(C)nc1.Cc1cnc(C)c(F)c1.Cc1cnc(C)c(F)c1.Cc1cnc(C)nc1.Cc1cnc(C)nc1. The number of halogens is 2. The molecular formula is C40H50F2N8. The van der Waals surface area contributed by atoms with Crippen molar-refractivity contribution in [3.63, 3.8) is 0 Å². The van der Waals surface area contributed by atoms with Crippen molar-refractivity contribution in [1.82, 2.24) is 39.9 Å². The molecule has 50 heavy (non-hydrogen) atoms. The van der Waals surface area contributed by atoms with Crippen molar-refractivity contribution >= 4 is 0 Å². The normalized spacial score (nSPS) is 9.40. The Labute approximate surface area is 296 Å². The second kappa shape index (κ2) is 23.1. The summed E-state index contributed by atoms with van der Waals surface area (Å²) in [6, 6.07) is 11.1. The Morgan fingerprint density at radius 1 is 0.320 bits per heavy atom. The van der Waals surface area contributed by atoms with Crippen LogP contribution in [-0.4, -0.2) is 39.9 Å². The quantitative estimate of drug-likeness (QED) is 0.156. The second-order valence-electron chi connectivity index (χ2n) is 11.7. The van der Waals surface area contributed by atoms with Gasteiger partial charge in [-0.3, -0.25) is 19.9 Å². The molecule has 0 unspecified atom stereocenters. The van der Waals surface area contributed by atoms with Crippen molar-refractivity contribution in [2.75, 3.05) is 0 Å². The van der Waals surface area contributed by atoms with E-state index in [1.165, 1.54) is 23.3 Å². The third kappa shape index (κ3) is 20.1. The molecule has 0 N–H and O–H groups in total. The first-order chi connectivity index (χ1) is 23.5. The summed E-state index contributed by atoms with van der Waals surface area (Å²) in [7, 11) is 0. The lowest BCUT2D eigenvalue weighted by molar-refractivity contribution is 0.608. The summed E-state index contributed by atoms with van der Waals surface area (Å²) in [6.07, 6.45) is 14.3. The Hall–Kier alpha value is -5.38. The average molecular weight is 681 g/mol. The molecule has 0 aromatic carbocycles. The topological polar surface area (TPSA) is 103 Å². The number of nitrogens with zero attached hydrogens (tertiary/aromatic N) is 8. The van der Waals surface area contributed by atoms with E-state index in [1.807, 2.05) is 119 Å². The molecule has 0 amide bonds. The van der Waals surface area contributed by atoms with Gasteiger partial charge in [-0.25, -0.2) is 28.7 Å². The highest BCUT2D eigenvalue weighted by Gasteiger charge is 1.96. The number of hydrogen-bond donors (Lipinski definition) is 0. The van der Waals surface area contributed by atoms with Gasteiger partial charge in [0.25, 0.3) is 0 Å². The molecule has 8 nitrogen and oxygen atoms in total. The molecule has 0 radical (unpaired) electrons. The van der Waals surface area contributed by atoms with Crippen molar-refractivity contribution in [1.29, 1.82) is 0 Å². The van der Waals surface area contributed by atoms with Crippen LogP contribution in [0.2, 0.25) is 0 Å². The molecule has 0 bridgehead atoms. The van der Waals surface area contributed by atoms with Crippen LogP contribution >= 0.6 is 0 Å². The Kier molecular flexibility index (Phi) is 19.7. The van der Waals surface area contributed by atoms with E-state index < -0.39 is 0 Å². The molecule has 0 aliphatic heterocycles. The van der Waals surface area contributed by atoms with E-state index in [0.29, 0.717) is 11.4 Å². The zero-order valence-electron chi connectivity index (χ0n) is 31.4. The first-order valence-electron chi connectivity index (χ1n) is 16.0. The minimum absolute atomic E-state index is 0.227. The van der Waals surface area contributed by atoms with Crippen LogP contribution in [0.15, 0.2) is 86.0 Å². The molecule has 0 saturated heterocycles. The van der Waals surface area contributed by atoms with Crippen molar-refractivity contribution in [3.8, 4) is 0 Å². The van der Waals surface area contributed by atoms with Gasteiger partial charge in [-0.1, -0.05) is 12.1 Å². The van der Waals surface area contributed by atoms with Crippen LogP contribution in [0.5, 0.6) is 0 Å². The molecule has 0 atom stereocenters. The van der Waals surface area contributed by atoms with Crippen LogP contribution in [0.25, 0.3) is 0 Å². The third-order valence-electron chi connectivity index (χ3n) is 6.26. The van der Waals surface area contributed by atoms with E-state index in [1.54, 1.807) is 26.2 Å². The monoisotopic (exact) mass is 680 g/mol. The molecule has 6 rings (SSSR count). The fraction of sp³-hybridized carbons (Fsp3) is 0.300. The molecule has 0 spiro atoms. The standard InChI is InChI=1S/2C7H8FN.2C7H9N.2C6H8N2/c2*1-5-3-7(8)6(2)9-4-5;2*1-6-3-4-7(2)8-5-6;2*1-5-3-7-6(2)8-4-5/h2*3-4H,1-2H3;2*3-5H,1-2H3;2*3-4H,1-2H3. The maximum atomic E-state index is 12.5. The van der Waals surface area contributed by atoms with Gasteiger partial charge in [0, 0.05) is 61.0 Å². The zero-order valence-corrected chi connectivity index (χ0v) is 31.4. The number of pyridine rings is 4. The molecule has 0 fully saturated rings. The Morgan fingerprint density at radius 2 is 0.600 bits per heavy atom. The predicted molar refractivity (Wildman–Crippen MR) is 198 cm³/mol. The van der Waals surface area contributed by atoms with Gasteiger partial charge in [0.2, 0.25) is 0 Å². The molecule has 264 valence electrons.